The van der Waals surface area contributed by atoms with Gasteiger partial charge in [-0.05, 0) is 43.0 Å². The molecule has 0 N–H and O–H groups in total. The number of ether oxygens (including phenoxy) is 1. The first-order valence-electron chi connectivity index (χ1n) is 7.82. The Morgan fingerprint density at radius 3 is 2.91 bits per heavy atom. The van der Waals surface area contributed by atoms with Crippen LogP contribution in [-0.4, -0.2) is 40.1 Å². The zero-order chi connectivity index (χ0) is 16.1. The average Bonchev–Trinajstić information content (AvgIpc) is 3.07. The normalized spacial score (nSPS) is 18.0. The van der Waals surface area contributed by atoms with Crippen LogP contribution in [0.4, 0.5) is 4.39 Å². The molecule has 1 saturated heterocycles. The highest BCUT2D eigenvalue weighted by Crippen LogP contribution is 2.19. The van der Waals surface area contributed by atoms with Gasteiger partial charge in [-0.15, -0.1) is 0 Å². The van der Waals surface area contributed by atoms with Crippen LogP contribution < -0.4 is 4.74 Å². The van der Waals surface area contributed by atoms with E-state index in [2.05, 4.69) is 4.98 Å². The molecule has 1 aromatic carbocycles. The first kappa shape index (κ1) is 15.5. The maximum Gasteiger partial charge on any atom is 0.260 e. The fourth-order valence-corrected chi connectivity index (χ4v) is 2.90. The van der Waals surface area contributed by atoms with Crippen LogP contribution in [0.15, 0.2) is 43.0 Å². The van der Waals surface area contributed by atoms with Crippen LogP contribution in [0.1, 0.15) is 12.8 Å². The predicted molar refractivity (Wildman–Crippen MR) is 83.4 cm³/mol. The summed E-state index contributed by atoms with van der Waals surface area (Å²) in [5.41, 5.74) is 0. The zero-order valence-electron chi connectivity index (χ0n) is 12.9. The molecule has 1 atom stereocenters. The molecule has 23 heavy (non-hydrogen) atoms. The number of rotatable bonds is 5. The number of imidazole rings is 1. The fraction of sp³-hybridized carbons (Fsp3) is 0.412. The Labute approximate surface area is 134 Å². The molecular formula is C17H20FN3O2. The molecule has 1 aliphatic rings. The van der Waals surface area contributed by atoms with Gasteiger partial charge in [0.05, 0.1) is 6.33 Å². The van der Waals surface area contributed by atoms with Crippen molar-refractivity contribution in [2.75, 3.05) is 19.7 Å². The minimum atomic E-state index is -0.318. The predicted octanol–water partition coefficient (Wildman–Crippen LogP) is 2.34. The van der Waals surface area contributed by atoms with E-state index in [4.69, 9.17) is 4.74 Å². The number of nitrogens with zero attached hydrogens (tertiary/aromatic N) is 3. The van der Waals surface area contributed by atoms with Crippen LogP contribution in [0.5, 0.6) is 5.75 Å². The van der Waals surface area contributed by atoms with Gasteiger partial charge in [-0.1, -0.05) is 0 Å². The molecule has 6 heteroatoms. The second-order valence-corrected chi connectivity index (χ2v) is 5.85. The summed E-state index contributed by atoms with van der Waals surface area (Å²) < 4.78 is 20.3. The van der Waals surface area contributed by atoms with Crippen LogP contribution in [0.25, 0.3) is 0 Å². The first-order valence-corrected chi connectivity index (χ1v) is 7.82. The summed E-state index contributed by atoms with van der Waals surface area (Å²) in [5.74, 6) is 0.603. The Bertz CT molecular complexity index is 628. The maximum absolute atomic E-state index is 12.8. The number of hydrogen-bond donors (Lipinski definition) is 0. The van der Waals surface area contributed by atoms with E-state index in [9.17, 15) is 9.18 Å². The van der Waals surface area contributed by atoms with Gasteiger partial charge in [-0.2, -0.15) is 0 Å². The molecule has 2 aromatic rings. The van der Waals surface area contributed by atoms with Crippen molar-refractivity contribution in [2.24, 2.45) is 5.92 Å². The number of aromatic nitrogens is 2. The molecule has 1 aromatic heterocycles. The maximum atomic E-state index is 12.8. The van der Waals surface area contributed by atoms with Gasteiger partial charge in [-0.3, -0.25) is 4.79 Å². The number of piperidine rings is 1. The lowest BCUT2D eigenvalue weighted by Crippen LogP contribution is -2.43. The van der Waals surface area contributed by atoms with Gasteiger partial charge in [0.25, 0.3) is 5.91 Å². The lowest BCUT2D eigenvalue weighted by molar-refractivity contribution is -0.135. The first-order chi connectivity index (χ1) is 11.2. The van der Waals surface area contributed by atoms with E-state index < -0.39 is 0 Å². The van der Waals surface area contributed by atoms with Gasteiger partial charge in [0.2, 0.25) is 0 Å². The van der Waals surface area contributed by atoms with Crippen molar-refractivity contribution in [1.29, 1.82) is 0 Å². The van der Waals surface area contributed by atoms with Gasteiger partial charge in [0.1, 0.15) is 11.6 Å². The Hall–Kier alpha value is -2.37. The van der Waals surface area contributed by atoms with E-state index in [0.29, 0.717) is 11.7 Å². The molecule has 1 amide bonds. The number of hydrogen-bond acceptors (Lipinski definition) is 3. The molecule has 1 fully saturated rings. The quantitative estimate of drug-likeness (QED) is 0.850. The van der Waals surface area contributed by atoms with E-state index in [1.54, 1.807) is 12.5 Å². The molecule has 0 spiro atoms. The number of carbonyl (C=O) groups excluding carboxylic acids is 1. The highest BCUT2D eigenvalue weighted by atomic mass is 19.1. The summed E-state index contributed by atoms with van der Waals surface area (Å²) in [6, 6.07) is 5.70. The van der Waals surface area contributed by atoms with E-state index in [0.717, 1.165) is 32.5 Å². The molecule has 5 nitrogen and oxygen atoms in total. The number of likely N-dealkylation sites (tertiary alicyclic amines) is 1. The minimum absolute atomic E-state index is 0.0105. The average molecular weight is 317 g/mol. The fourth-order valence-electron chi connectivity index (χ4n) is 2.90. The largest absolute Gasteiger partial charge is 0.484 e. The number of amides is 1. The molecular weight excluding hydrogens is 297 g/mol. The van der Waals surface area contributed by atoms with Crippen LogP contribution in [0.2, 0.25) is 0 Å². The smallest absolute Gasteiger partial charge is 0.260 e. The number of carbonyl (C=O) groups is 1. The third-order valence-corrected chi connectivity index (χ3v) is 4.08. The third-order valence-electron chi connectivity index (χ3n) is 4.08. The van der Waals surface area contributed by atoms with Crippen molar-refractivity contribution in [2.45, 2.75) is 19.4 Å². The summed E-state index contributed by atoms with van der Waals surface area (Å²) in [6.07, 6.45) is 7.63. The Morgan fingerprint density at radius 1 is 1.35 bits per heavy atom. The lowest BCUT2D eigenvalue weighted by atomic mass is 9.98. The van der Waals surface area contributed by atoms with E-state index >= 15 is 0 Å². The molecule has 3 rings (SSSR count). The molecule has 0 radical (unpaired) electrons. The lowest BCUT2D eigenvalue weighted by Gasteiger charge is -2.32. The van der Waals surface area contributed by atoms with Crippen molar-refractivity contribution in [3.05, 3.63) is 48.8 Å². The minimum Gasteiger partial charge on any atom is -0.484 e. The topological polar surface area (TPSA) is 47.4 Å². The Kier molecular flexibility index (Phi) is 4.90. The van der Waals surface area contributed by atoms with Crippen molar-refractivity contribution in [3.8, 4) is 5.75 Å². The summed E-state index contributed by atoms with van der Waals surface area (Å²) in [5, 5.41) is 0. The van der Waals surface area contributed by atoms with E-state index in [-0.39, 0.29) is 18.3 Å². The molecule has 0 bridgehead atoms. The van der Waals surface area contributed by atoms with Crippen molar-refractivity contribution in [1.82, 2.24) is 14.5 Å². The Balaban J connectivity index is 1.49. The van der Waals surface area contributed by atoms with Gasteiger partial charge >= 0.3 is 0 Å². The summed E-state index contributed by atoms with van der Waals surface area (Å²) in [6.45, 7) is 2.38. The molecule has 0 unspecified atom stereocenters. The standard InChI is InChI=1S/C17H20FN3O2/c18-15-3-5-16(6-4-15)23-12-17(22)21-8-1-2-14(11-21)10-20-9-7-19-13-20/h3-7,9,13-14H,1-2,8,10-12H2/t14-/m0/s1. The van der Waals surface area contributed by atoms with Crippen LogP contribution in [0, 0.1) is 11.7 Å². The van der Waals surface area contributed by atoms with Gasteiger partial charge < -0.3 is 14.2 Å². The monoisotopic (exact) mass is 317 g/mol. The van der Waals surface area contributed by atoms with Crippen LogP contribution in [0.3, 0.4) is 0 Å². The molecule has 0 saturated carbocycles. The van der Waals surface area contributed by atoms with E-state index in [1.165, 1.54) is 24.3 Å². The SMILES string of the molecule is O=C(COc1ccc(F)cc1)N1CCC[C@@H](Cn2ccnc2)C1. The highest BCUT2D eigenvalue weighted by molar-refractivity contribution is 5.77. The summed E-state index contributed by atoms with van der Waals surface area (Å²) in [4.78, 5) is 18.2. The second-order valence-electron chi connectivity index (χ2n) is 5.85. The van der Waals surface area contributed by atoms with Crippen LogP contribution in [-0.2, 0) is 11.3 Å². The second kappa shape index (κ2) is 7.26. The molecule has 1 aliphatic heterocycles. The summed E-state index contributed by atoms with van der Waals surface area (Å²) >= 11 is 0. The molecule has 122 valence electrons. The Morgan fingerprint density at radius 2 is 2.17 bits per heavy atom. The molecule has 2 heterocycles. The summed E-state index contributed by atoms with van der Waals surface area (Å²) in [7, 11) is 0. The van der Waals surface area contributed by atoms with Gasteiger partial charge in [0, 0.05) is 32.0 Å². The van der Waals surface area contributed by atoms with Crippen molar-refractivity contribution in [3.63, 3.8) is 0 Å². The number of benzene rings is 1. The third kappa shape index (κ3) is 4.31. The van der Waals surface area contributed by atoms with Crippen LogP contribution >= 0.6 is 0 Å². The van der Waals surface area contributed by atoms with Gasteiger partial charge in [-0.25, -0.2) is 9.37 Å². The number of halogens is 1. The molecule has 0 aliphatic carbocycles. The highest BCUT2D eigenvalue weighted by Gasteiger charge is 2.24. The van der Waals surface area contributed by atoms with Crippen molar-refractivity contribution >= 4 is 5.91 Å². The zero-order valence-corrected chi connectivity index (χ0v) is 12.9. The van der Waals surface area contributed by atoms with E-state index in [1.807, 2.05) is 15.7 Å². The van der Waals surface area contributed by atoms with Gasteiger partial charge in [0.15, 0.2) is 6.61 Å². The van der Waals surface area contributed by atoms with Crippen molar-refractivity contribution < 1.29 is 13.9 Å².